The van der Waals surface area contributed by atoms with Gasteiger partial charge in [0.05, 0.1) is 8.49 Å². The lowest BCUT2D eigenvalue weighted by atomic mass is 10.3. The summed E-state index contributed by atoms with van der Waals surface area (Å²) >= 11 is 13.5. The molecule has 0 atom stereocenters. The molecule has 0 radical (unpaired) electrons. The third kappa shape index (κ3) is 1.52. The average molecular weight is 373 g/mol. The quantitative estimate of drug-likeness (QED) is 0.575. The fourth-order valence-corrected chi connectivity index (χ4v) is 3.63. The largest absolute Gasteiger partial charge is 0.127 e. The van der Waals surface area contributed by atoms with E-state index in [1.165, 1.54) is 8.27 Å². The van der Waals surface area contributed by atoms with Crippen molar-refractivity contribution in [3.63, 3.8) is 0 Å². The van der Waals surface area contributed by atoms with Gasteiger partial charge in [-0.25, -0.2) is 0 Å². The van der Waals surface area contributed by atoms with Crippen molar-refractivity contribution in [1.29, 1.82) is 0 Å². The van der Waals surface area contributed by atoms with Crippen molar-refractivity contribution < 1.29 is 0 Å². The zero-order valence-electron chi connectivity index (χ0n) is 5.77. The molecule has 1 heterocycles. The molecule has 4 heteroatoms. The number of benzene rings is 1. The molecule has 1 aromatic carbocycles. The molecular formula is C8H3BrClIS. The summed E-state index contributed by atoms with van der Waals surface area (Å²) in [7, 11) is 0. The fraction of sp³-hybridized carbons (Fsp3) is 0. The lowest BCUT2D eigenvalue weighted by Crippen LogP contribution is -1.70. The normalized spacial score (nSPS) is 10.9. The molecule has 12 heavy (non-hydrogen) atoms. The van der Waals surface area contributed by atoms with Gasteiger partial charge in [-0.3, -0.25) is 0 Å². The highest BCUT2D eigenvalue weighted by molar-refractivity contribution is 14.1. The van der Waals surface area contributed by atoms with Gasteiger partial charge in [0, 0.05) is 14.0 Å². The Morgan fingerprint density at radius 2 is 2.17 bits per heavy atom. The second kappa shape index (κ2) is 3.44. The number of hydrogen-bond donors (Lipinski definition) is 0. The molecule has 0 spiro atoms. The Bertz CT molecular complexity index is 399. The first-order valence-electron chi connectivity index (χ1n) is 3.21. The van der Waals surface area contributed by atoms with Crippen LogP contribution in [0.5, 0.6) is 0 Å². The molecule has 0 aliphatic heterocycles. The van der Waals surface area contributed by atoms with Crippen LogP contribution in [0.4, 0.5) is 0 Å². The maximum Gasteiger partial charge on any atom is 0.0711 e. The lowest BCUT2D eigenvalue weighted by Gasteiger charge is -1.94. The van der Waals surface area contributed by atoms with E-state index in [9.17, 15) is 0 Å². The Balaban J connectivity index is 2.93. The summed E-state index contributed by atoms with van der Waals surface area (Å²) in [4.78, 5) is 0. The van der Waals surface area contributed by atoms with Gasteiger partial charge in [-0.05, 0) is 56.7 Å². The molecular weight excluding hydrogens is 370 g/mol. The van der Waals surface area contributed by atoms with Crippen molar-refractivity contribution in [3.05, 3.63) is 30.6 Å². The summed E-state index contributed by atoms with van der Waals surface area (Å²) < 4.78 is 3.64. The highest BCUT2D eigenvalue weighted by atomic mass is 127. The fourth-order valence-electron chi connectivity index (χ4n) is 1.03. The monoisotopic (exact) mass is 372 g/mol. The maximum absolute atomic E-state index is 6.02. The Labute approximate surface area is 101 Å². The summed E-state index contributed by atoms with van der Waals surface area (Å²) in [5, 5.41) is 1.97. The van der Waals surface area contributed by atoms with Gasteiger partial charge in [0.15, 0.2) is 0 Å². The minimum absolute atomic E-state index is 0.826. The second-order valence-corrected chi connectivity index (χ2v) is 6.32. The summed E-state index contributed by atoms with van der Waals surface area (Å²) in [6.45, 7) is 0. The molecule has 0 nitrogen and oxygen atoms in total. The number of hydrogen-bond acceptors (Lipinski definition) is 1. The van der Waals surface area contributed by atoms with E-state index in [4.69, 9.17) is 11.6 Å². The van der Waals surface area contributed by atoms with E-state index < -0.39 is 0 Å². The summed E-state index contributed by atoms with van der Waals surface area (Å²) in [5.41, 5.74) is 0. The Morgan fingerprint density at radius 3 is 2.83 bits per heavy atom. The van der Waals surface area contributed by atoms with Crippen LogP contribution in [0.1, 0.15) is 0 Å². The molecule has 0 bridgehead atoms. The van der Waals surface area contributed by atoms with Crippen LogP contribution in [0.15, 0.2) is 22.0 Å². The molecule has 0 fully saturated rings. The first kappa shape index (κ1) is 9.24. The van der Waals surface area contributed by atoms with E-state index in [1.807, 2.05) is 12.1 Å². The van der Waals surface area contributed by atoms with Crippen molar-refractivity contribution in [2.24, 2.45) is 0 Å². The van der Waals surface area contributed by atoms with Crippen molar-refractivity contribution in [2.75, 3.05) is 0 Å². The maximum atomic E-state index is 6.02. The summed E-state index contributed by atoms with van der Waals surface area (Å²) in [5.74, 6) is 0. The van der Waals surface area contributed by atoms with Gasteiger partial charge in [0.1, 0.15) is 0 Å². The Hall–Kier alpha value is 0.680. The summed E-state index contributed by atoms with van der Waals surface area (Å²) in [6.07, 6.45) is 0. The minimum atomic E-state index is 0.826. The van der Waals surface area contributed by atoms with E-state index >= 15 is 0 Å². The Morgan fingerprint density at radius 1 is 1.42 bits per heavy atom. The van der Waals surface area contributed by atoms with Crippen LogP contribution < -0.4 is 0 Å². The number of halogens is 3. The molecule has 0 aliphatic rings. The molecule has 0 saturated carbocycles. The van der Waals surface area contributed by atoms with Gasteiger partial charge < -0.3 is 0 Å². The molecule has 0 amide bonds. The van der Waals surface area contributed by atoms with Crippen LogP contribution >= 0.6 is 61.5 Å². The SMILES string of the molecule is Clc1ccc(I)c2sc(Br)cc12. The molecule has 0 aliphatic carbocycles. The average Bonchev–Trinajstić information content (AvgIpc) is 2.41. The predicted molar refractivity (Wildman–Crippen MR) is 67.3 cm³/mol. The minimum Gasteiger partial charge on any atom is -0.127 e. The van der Waals surface area contributed by atoms with Gasteiger partial charge in [0.2, 0.25) is 0 Å². The third-order valence-electron chi connectivity index (χ3n) is 1.55. The van der Waals surface area contributed by atoms with Crippen LogP contribution in [0.3, 0.4) is 0 Å². The number of rotatable bonds is 0. The molecule has 0 saturated heterocycles. The van der Waals surface area contributed by atoms with Gasteiger partial charge in [-0.15, -0.1) is 11.3 Å². The van der Waals surface area contributed by atoms with Gasteiger partial charge >= 0.3 is 0 Å². The molecule has 62 valence electrons. The van der Waals surface area contributed by atoms with Crippen molar-refractivity contribution in [2.45, 2.75) is 0 Å². The number of fused-ring (bicyclic) bond motifs is 1. The highest BCUT2D eigenvalue weighted by Gasteiger charge is 2.06. The van der Waals surface area contributed by atoms with Crippen LogP contribution in [0.25, 0.3) is 10.1 Å². The van der Waals surface area contributed by atoms with Gasteiger partial charge in [-0.1, -0.05) is 11.6 Å². The first-order chi connectivity index (χ1) is 5.68. The molecule has 0 N–H and O–H groups in total. The van der Waals surface area contributed by atoms with Crippen LogP contribution in [0, 0.1) is 3.57 Å². The van der Waals surface area contributed by atoms with Crippen LogP contribution in [-0.2, 0) is 0 Å². The second-order valence-electron chi connectivity index (χ2n) is 2.32. The Kier molecular flexibility index (Phi) is 2.65. The predicted octanol–water partition coefficient (Wildman–Crippen LogP) is 4.92. The third-order valence-corrected chi connectivity index (χ3v) is 4.82. The number of thiophene rings is 1. The van der Waals surface area contributed by atoms with E-state index in [0.717, 1.165) is 14.2 Å². The van der Waals surface area contributed by atoms with Gasteiger partial charge in [0.25, 0.3) is 0 Å². The van der Waals surface area contributed by atoms with E-state index in [1.54, 1.807) is 11.3 Å². The topological polar surface area (TPSA) is 0 Å². The smallest absolute Gasteiger partial charge is 0.0711 e. The van der Waals surface area contributed by atoms with Crippen molar-refractivity contribution in [3.8, 4) is 0 Å². The van der Waals surface area contributed by atoms with Crippen LogP contribution in [0.2, 0.25) is 5.02 Å². The van der Waals surface area contributed by atoms with Gasteiger partial charge in [-0.2, -0.15) is 0 Å². The van der Waals surface area contributed by atoms with Crippen LogP contribution in [-0.4, -0.2) is 0 Å². The zero-order valence-corrected chi connectivity index (χ0v) is 11.1. The molecule has 2 rings (SSSR count). The highest BCUT2D eigenvalue weighted by Crippen LogP contribution is 2.36. The molecule has 0 unspecified atom stereocenters. The lowest BCUT2D eigenvalue weighted by molar-refractivity contribution is 1.79. The van der Waals surface area contributed by atoms with E-state index in [0.29, 0.717) is 0 Å². The van der Waals surface area contributed by atoms with Crippen molar-refractivity contribution in [1.82, 2.24) is 0 Å². The van der Waals surface area contributed by atoms with E-state index in [-0.39, 0.29) is 0 Å². The van der Waals surface area contributed by atoms with Crippen molar-refractivity contribution >= 4 is 71.5 Å². The first-order valence-corrected chi connectivity index (χ1v) is 6.28. The molecule has 2 aromatic rings. The standard InChI is InChI=1S/C8H3BrClIS/c9-7-3-4-5(10)1-2-6(11)8(4)12-7/h1-3H. The van der Waals surface area contributed by atoms with E-state index in [2.05, 4.69) is 44.6 Å². The molecule has 1 aromatic heterocycles. The summed E-state index contributed by atoms with van der Waals surface area (Å²) in [6, 6.07) is 6.03. The zero-order chi connectivity index (χ0) is 8.72.